The number of hydrazine groups is 1. The fraction of sp³-hybridized carbons (Fsp3) is 0.410. The van der Waals surface area contributed by atoms with Gasteiger partial charge in [-0.05, 0) is 93.0 Å². The molecule has 0 aliphatic carbocycles. The molecule has 49 heavy (non-hydrogen) atoms. The van der Waals surface area contributed by atoms with Crippen molar-refractivity contribution in [3.63, 3.8) is 0 Å². The number of nitrogens with zero attached hydrogens (tertiary/aromatic N) is 4. The van der Waals surface area contributed by atoms with Crippen molar-refractivity contribution < 1.29 is 19.1 Å². The fourth-order valence-electron chi connectivity index (χ4n) is 6.00. The van der Waals surface area contributed by atoms with Crippen molar-refractivity contribution in [3.05, 3.63) is 102 Å². The minimum absolute atomic E-state index is 0.128. The van der Waals surface area contributed by atoms with Crippen molar-refractivity contribution in [2.45, 2.75) is 78.4 Å². The van der Waals surface area contributed by atoms with Crippen LogP contribution in [0.4, 0.5) is 10.6 Å². The number of amides is 2. The molecule has 1 aliphatic rings. The van der Waals surface area contributed by atoms with E-state index in [1.807, 2.05) is 57.2 Å². The third-order valence-electron chi connectivity index (χ3n) is 9.24. The second-order valence-corrected chi connectivity index (χ2v) is 14.2. The Morgan fingerprint density at radius 2 is 1.55 bits per heavy atom. The Labute approximate surface area is 289 Å². The molecule has 5 rings (SSSR count). The topological polar surface area (TPSA) is 119 Å². The smallest absolute Gasteiger partial charge is 0.410 e. The number of pyridine rings is 1. The van der Waals surface area contributed by atoms with Crippen LogP contribution in [0.25, 0.3) is 11.3 Å². The first kappa shape index (κ1) is 35.3. The molecule has 3 heterocycles. The van der Waals surface area contributed by atoms with Gasteiger partial charge < -0.3 is 14.4 Å². The van der Waals surface area contributed by atoms with E-state index in [1.165, 1.54) is 11.1 Å². The lowest BCUT2D eigenvalue weighted by Crippen LogP contribution is -2.42. The molecule has 1 fully saturated rings. The Bertz CT molecular complexity index is 1660. The van der Waals surface area contributed by atoms with Crippen LogP contribution in [0.1, 0.15) is 77.6 Å². The highest BCUT2D eigenvalue weighted by Crippen LogP contribution is 2.40. The van der Waals surface area contributed by atoms with Gasteiger partial charge in [0.2, 0.25) is 5.91 Å². The first-order valence-electron chi connectivity index (χ1n) is 17.0. The van der Waals surface area contributed by atoms with Gasteiger partial charge in [-0.25, -0.2) is 4.79 Å². The lowest BCUT2D eigenvalue weighted by atomic mass is 9.68. The van der Waals surface area contributed by atoms with Crippen molar-refractivity contribution in [2.75, 3.05) is 18.5 Å². The zero-order valence-corrected chi connectivity index (χ0v) is 29.4. The highest BCUT2D eigenvalue weighted by atomic mass is 16.6. The van der Waals surface area contributed by atoms with Gasteiger partial charge in [0.15, 0.2) is 5.82 Å². The molecule has 10 nitrogen and oxygen atoms in total. The molecule has 1 atom stereocenters. The van der Waals surface area contributed by atoms with Crippen LogP contribution in [0.2, 0.25) is 0 Å². The van der Waals surface area contributed by atoms with E-state index in [4.69, 9.17) is 9.47 Å². The molecule has 258 valence electrons. The van der Waals surface area contributed by atoms with Crippen LogP contribution in [0.3, 0.4) is 0 Å². The third-order valence-corrected chi connectivity index (χ3v) is 9.24. The van der Waals surface area contributed by atoms with E-state index in [0.29, 0.717) is 37.9 Å². The van der Waals surface area contributed by atoms with E-state index in [2.05, 4.69) is 83.2 Å². The van der Waals surface area contributed by atoms with Gasteiger partial charge in [-0.1, -0.05) is 63.2 Å². The lowest BCUT2D eigenvalue weighted by molar-refractivity contribution is -0.121. The molecule has 10 heteroatoms. The van der Waals surface area contributed by atoms with Crippen LogP contribution in [-0.2, 0) is 21.6 Å². The standard InChI is InChI=1S/C39H48N6O4/c1-27(2)39(6,31-14-16-33(17-15-31)48-26-32-9-7-8-22-40-32)30-12-10-29(11-13-30)34-18-19-35(42-41-34)43-44-36(46)25-28-20-23-45(24-21-28)37(47)49-38(3,4)5/h7-19,22,27-28H,20-21,23-26H2,1-6H3,(H,42,43)(H,44,46). The fourth-order valence-corrected chi connectivity index (χ4v) is 6.00. The number of hydrogen-bond donors (Lipinski definition) is 2. The SMILES string of the molecule is CC(C)C(C)(c1ccc(OCc2ccccn2)cc1)c1ccc(-c2ccc(NNC(=O)CC3CCN(C(=O)OC(C)(C)C)CC3)nn2)cc1. The van der Waals surface area contributed by atoms with Gasteiger partial charge in [-0.15, -0.1) is 10.2 Å². The maximum absolute atomic E-state index is 12.6. The van der Waals surface area contributed by atoms with Crippen molar-refractivity contribution >= 4 is 17.8 Å². The van der Waals surface area contributed by atoms with E-state index in [0.717, 1.165) is 35.5 Å². The molecule has 0 radical (unpaired) electrons. The molecule has 2 amide bonds. The first-order valence-corrected chi connectivity index (χ1v) is 17.0. The molecule has 0 bridgehead atoms. The van der Waals surface area contributed by atoms with Gasteiger partial charge in [0.05, 0.1) is 11.4 Å². The monoisotopic (exact) mass is 664 g/mol. The highest BCUT2D eigenvalue weighted by Gasteiger charge is 2.33. The van der Waals surface area contributed by atoms with Crippen molar-refractivity contribution in [1.82, 2.24) is 25.5 Å². The summed E-state index contributed by atoms with van der Waals surface area (Å²) in [5.41, 5.74) is 9.87. The van der Waals surface area contributed by atoms with Gasteiger partial charge in [0, 0.05) is 36.7 Å². The molecule has 1 saturated heterocycles. The number of anilines is 1. The Morgan fingerprint density at radius 3 is 2.12 bits per heavy atom. The number of piperidine rings is 1. The highest BCUT2D eigenvalue weighted by molar-refractivity contribution is 5.77. The third kappa shape index (κ3) is 9.34. The molecule has 2 N–H and O–H groups in total. The van der Waals surface area contributed by atoms with Crippen LogP contribution >= 0.6 is 0 Å². The second kappa shape index (κ2) is 15.5. The summed E-state index contributed by atoms with van der Waals surface area (Å²) in [6, 6.07) is 26.3. The summed E-state index contributed by atoms with van der Waals surface area (Å²) >= 11 is 0. The number of aromatic nitrogens is 3. The number of rotatable bonds is 11. The van der Waals surface area contributed by atoms with Crippen LogP contribution in [-0.4, -0.2) is 50.8 Å². The second-order valence-electron chi connectivity index (χ2n) is 14.2. The minimum atomic E-state index is -0.520. The molecular formula is C39H48N6O4. The van der Waals surface area contributed by atoms with Crippen LogP contribution in [0.5, 0.6) is 5.75 Å². The van der Waals surface area contributed by atoms with E-state index in [-0.39, 0.29) is 23.3 Å². The Morgan fingerprint density at radius 1 is 0.878 bits per heavy atom. The number of nitrogens with one attached hydrogen (secondary N) is 2. The quantitative estimate of drug-likeness (QED) is 0.158. The maximum atomic E-state index is 12.6. The van der Waals surface area contributed by atoms with Gasteiger partial charge in [0.1, 0.15) is 18.0 Å². The number of hydrogen-bond acceptors (Lipinski definition) is 8. The molecule has 1 aliphatic heterocycles. The number of carbonyl (C=O) groups excluding carboxylic acids is 2. The molecule has 0 spiro atoms. The zero-order valence-electron chi connectivity index (χ0n) is 29.4. The summed E-state index contributed by atoms with van der Waals surface area (Å²) in [5, 5.41) is 8.67. The van der Waals surface area contributed by atoms with E-state index in [9.17, 15) is 9.59 Å². The van der Waals surface area contributed by atoms with Gasteiger partial charge in [-0.3, -0.25) is 20.6 Å². The normalized spacial score (nSPS) is 15.0. The van der Waals surface area contributed by atoms with Crippen LogP contribution < -0.4 is 15.6 Å². The average molecular weight is 665 g/mol. The van der Waals surface area contributed by atoms with Crippen LogP contribution in [0, 0.1) is 11.8 Å². The molecule has 4 aromatic rings. The first-order chi connectivity index (χ1) is 23.4. The Balaban J connectivity index is 1.12. The Hall–Kier alpha value is -4.99. The van der Waals surface area contributed by atoms with Crippen molar-refractivity contribution in [2.24, 2.45) is 11.8 Å². The Kier molecular flexibility index (Phi) is 11.2. The number of likely N-dealkylation sites (tertiary alicyclic amines) is 1. The van der Waals surface area contributed by atoms with Gasteiger partial charge in [-0.2, -0.15) is 0 Å². The van der Waals surface area contributed by atoms with Crippen molar-refractivity contribution in [3.8, 4) is 17.0 Å². The summed E-state index contributed by atoms with van der Waals surface area (Å²) in [7, 11) is 0. The largest absolute Gasteiger partial charge is 0.487 e. The summed E-state index contributed by atoms with van der Waals surface area (Å²) in [6.07, 6.45) is 3.35. The number of benzene rings is 2. The predicted octanol–water partition coefficient (Wildman–Crippen LogP) is 7.56. The maximum Gasteiger partial charge on any atom is 0.410 e. The van der Waals surface area contributed by atoms with E-state index < -0.39 is 5.60 Å². The molecular weight excluding hydrogens is 616 g/mol. The molecule has 2 aromatic heterocycles. The van der Waals surface area contributed by atoms with Crippen LogP contribution in [0.15, 0.2) is 85.1 Å². The number of carbonyl (C=O) groups is 2. The van der Waals surface area contributed by atoms with E-state index in [1.54, 1.807) is 17.2 Å². The zero-order chi connectivity index (χ0) is 35.0. The van der Waals surface area contributed by atoms with Gasteiger partial charge in [0.25, 0.3) is 0 Å². The summed E-state index contributed by atoms with van der Waals surface area (Å²) in [5.74, 6) is 1.67. The van der Waals surface area contributed by atoms with Crippen molar-refractivity contribution in [1.29, 1.82) is 0 Å². The molecule has 1 unspecified atom stereocenters. The minimum Gasteiger partial charge on any atom is -0.487 e. The molecule has 2 aromatic carbocycles. The lowest BCUT2D eigenvalue weighted by Gasteiger charge is -2.35. The van der Waals surface area contributed by atoms with E-state index >= 15 is 0 Å². The summed E-state index contributed by atoms with van der Waals surface area (Å²) in [6.45, 7) is 13.9. The predicted molar refractivity (Wildman–Crippen MR) is 191 cm³/mol. The van der Waals surface area contributed by atoms with Gasteiger partial charge >= 0.3 is 6.09 Å². The summed E-state index contributed by atoms with van der Waals surface area (Å²) < 4.78 is 11.4. The summed E-state index contributed by atoms with van der Waals surface area (Å²) in [4.78, 5) is 31.0. The number of ether oxygens (including phenoxy) is 2. The average Bonchev–Trinajstić information content (AvgIpc) is 3.10. The molecule has 0 saturated carbocycles.